The number of piperazine rings is 1. The van der Waals surface area contributed by atoms with Crippen LogP contribution in [0.15, 0.2) is 24.3 Å². The van der Waals surface area contributed by atoms with E-state index in [0.717, 1.165) is 12.1 Å². The molecule has 10 heteroatoms. The zero-order valence-electron chi connectivity index (χ0n) is 17.2. The van der Waals surface area contributed by atoms with Crippen LogP contribution in [0.25, 0.3) is 0 Å². The number of rotatable bonds is 5. The SMILES string of the molecule is CC(C)[C@@H](C(=O)N1CCN(Cc2cccc(C(F)(F)F)c2)CC1)N1CCCS1(=O)=O. The van der Waals surface area contributed by atoms with Crippen LogP contribution >= 0.6 is 0 Å². The third-order valence-corrected chi connectivity index (χ3v) is 7.61. The third kappa shape index (κ3) is 5.15. The van der Waals surface area contributed by atoms with Gasteiger partial charge in [-0.3, -0.25) is 9.69 Å². The molecule has 3 rings (SSSR count). The Labute approximate surface area is 175 Å². The molecule has 1 aromatic carbocycles. The van der Waals surface area contributed by atoms with E-state index >= 15 is 0 Å². The van der Waals surface area contributed by atoms with Crippen LogP contribution in [0.1, 0.15) is 31.4 Å². The van der Waals surface area contributed by atoms with Crippen molar-refractivity contribution < 1.29 is 26.4 Å². The van der Waals surface area contributed by atoms with Crippen LogP contribution in [-0.4, -0.2) is 72.9 Å². The van der Waals surface area contributed by atoms with E-state index in [1.807, 2.05) is 18.7 Å². The summed E-state index contributed by atoms with van der Waals surface area (Å²) in [4.78, 5) is 16.8. The number of nitrogens with zero attached hydrogens (tertiary/aromatic N) is 3. The highest BCUT2D eigenvalue weighted by molar-refractivity contribution is 7.89. The molecule has 0 bridgehead atoms. The van der Waals surface area contributed by atoms with Gasteiger partial charge < -0.3 is 4.90 Å². The molecule has 1 amide bonds. The Hall–Kier alpha value is -1.65. The van der Waals surface area contributed by atoms with Crippen LogP contribution in [0.2, 0.25) is 0 Å². The highest BCUT2D eigenvalue weighted by Gasteiger charge is 2.42. The quantitative estimate of drug-likeness (QED) is 0.696. The van der Waals surface area contributed by atoms with Gasteiger partial charge >= 0.3 is 6.18 Å². The second kappa shape index (κ2) is 8.84. The monoisotopic (exact) mass is 447 g/mol. The summed E-state index contributed by atoms with van der Waals surface area (Å²) < 4.78 is 64.7. The lowest BCUT2D eigenvalue weighted by atomic mass is 10.0. The van der Waals surface area contributed by atoms with Crippen LogP contribution in [0, 0.1) is 5.92 Å². The number of halogens is 3. The Morgan fingerprint density at radius 2 is 1.77 bits per heavy atom. The molecule has 0 unspecified atom stereocenters. The Morgan fingerprint density at radius 3 is 2.30 bits per heavy atom. The summed E-state index contributed by atoms with van der Waals surface area (Å²) in [5.41, 5.74) is -0.0896. The van der Waals surface area contributed by atoms with Crippen molar-refractivity contribution in [3.63, 3.8) is 0 Å². The maximum atomic E-state index is 13.1. The lowest BCUT2D eigenvalue weighted by Gasteiger charge is -2.39. The minimum atomic E-state index is -4.37. The van der Waals surface area contributed by atoms with E-state index < -0.39 is 27.8 Å². The maximum Gasteiger partial charge on any atom is 0.416 e. The smallest absolute Gasteiger partial charge is 0.339 e. The standard InChI is InChI=1S/C20H28F3N3O3S/c1-15(2)18(26-7-4-12-30(26,28)29)19(27)25-10-8-24(9-11-25)14-16-5-3-6-17(13-16)20(21,22)23/h3,5-6,13,15,18H,4,7-12,14H2,1-2H3/t18-/m0/s1. The van der Waals surface area contributed by atoms with Gasteiger partial charge in [-0.25, -0.2) is 8.42 Å². The lowest BCUT2D eigenvalue weighted by Crippen LogP contribution is -2.56. The Morgan fingerprint density at radius 1 is 1.10 bits per heavy atom. The first-order valence-corrected chi connectivity index (χ1v) is 11.8. The molecule has 2 aliphatic heterocycles. The third-order valence-electron chi connectivity index (χ3n) is 5.68. The molecule has 6 nitrogen and oxygen atoms in total. The first-order chi connectivity index (χ1) is 14.0. The fourth-order valence-corrected chi connectivity index (χ4v) is 5.95. The van der Waals surface area contributed by atoms with Crippen molar-refractivity contribution in [2.24, 2.45) is 5.92 Å². The number of alkyl halides is 3. The molecule has 2 saturated heterocycles. The molecule has 0 saturated carbocycles. The number of benzene rings is 1. The summed E-state index contributed by atoms with van der Waals surface area (Å²) in [6.07, 6.45) is -3.84. The van der Waals surface area contributed by atoms with Crippen molar-refractivity contribution in [3.05, 3.63) is 35.4 Å². The van der Waals surface area contributed by atoms with Gasteiger partial charge in [-0.2, -0.15) is 17.5 Å². The van der Waals surface area contributed by atoms with E-state index in [4.69, 9.17) is 0 Å². The first-order valence-electron chi connectivity index (χ1n) is 10.2. The van der Waals surface area contributed by atoms with Gasteiger partial charge in [0.2, 0.25) is 15.9 Å². The molecular weight excluding hydrogens is 419 g/mol. The van der Waals surface area contributed by atoms with Crippen LogP contribution in [0.4, 0.5) is 13.2 Å². The fourth-order valence-electron chi connectivity index (χ4n) is 4.13. The molecule has 168 valence electrons. The molecule has 2 aliphatic rings. The number of amides is 1. The van der Waals surface area contributed by atoms with Crippen molar-refractivity contribution >= 4 is 15.9 Å². The van der Waals surface area contributed by atoms with Crippen molar-refractivity contribution in [1.82, 2.24) is 14.1 Å². The first kappa shape index (κ1) is 23.0. The highest BCUT2D eigenvalue weighted by atomic mass is 32.2. The van der Waals surface area contributed by atoms with Gasteiger partial charge in [0.15, 0.2) is 0 Å². The Balaban J connectivity index is 1.61. The molecule has 0 radical (unpaired) electrons. The largest absolute Gasteiger partial charge is 0.416 e. The maximum absolute atomic E-state index is 13.1. The molecule has 0 N–H and O–H groups in total. The topological polar surface area (TPSA) is 60.9 Å². The molecule has 2 fully saturated rings. The van der Waals surface area contributed by atoms with E-state index in [2.05, 4.69) is 0 Å². The summed E-state index contributed by atoms with van der Waals surface area (Å²) >= 11 is 0. The van der Waals surface area contributed by atoms with Gasteiger partial charge in [-0.05, 0) is 24.0 Å². The van der Waals surface area contributed by atoms with Gasteiger partial charge in [-0.1, -0.05) is 32.0 Å². The zero-order valence-corrected chi connectivity index (χ0v) is 18.0. The second-order valence-corrected chi connectivity index (χ2v) is 10.3. The number of hydrogen-bond donors (Lipinski definition) is 0. The van der Waals surface area contributed by atoms with Crippen molar-refractivity contribution in [2.45, 2.75) is 39.0 Å². The van der Waals surface area contributed by atoms with Gasteiger partial charge in [0.1, 0.15) is 6.04 Å². The fraction of sp³-hybridized carbons (Fsp3) is 0.650. The minimum absolute atomic E-state index is 0.0776. The molecule has 0 aliphatic carbocycles. The van der Waals surface area contributed by atoms with Crippen LogP contribution in [-0.2, 0) is 27.5 Å². The van der Waals surface area contributed by atoms with Crippen molar-refractivity contribution in [3.8, 4) is 0 Å². The molecule has 1 aromatic rings. The highest BCUT2D eigenvalue weighted by Crippen LogP contribution is 2.30. The molecule has 0 aromatic heterocycles. The van der Waals surface area contributed by atoms with E-state index in [1.54, 1.807) is 11.0 Å². The summed E-state index contributed by atoms with van der Waals surface area (Å²) in [5.74, 6) is -0.253. The summed E-state index contributed by atoms with van der Waals surface area (Å²) in [7, 11) is -3.40. The molecular formula is C20H28F3N3O3S. The number of sulfonamides is 1. The predicted molar refractivity (Wildman–Crippen MR) is 107 cm³/mol. The Bertz CT molecular complexity index is 866. The molecule has 1 atom stereocenters. The summed E-state index contributed by atoms with van der Waals surface area (Å²) in [6, 6.07) is 4.58. The molecule has 30 heavy (non-hydrogen) atoms. The Kier molecular flexibility index (Phi) is 6.78. The van der Waals surface area contributed by atoms with Gasteiger partial charge in [-0.15, -0.1) is 0 Å². The number of carbonyl (C=O) groups is 1. The van der Waals surface area contributed by atoms with Crippen LogP contribution in [0.3, 0.4) is 0 Å². The molecule has 2 heterocycles. The van der Waals surface area contributed by atoms with Gasteiger partial charge in [0.25, 0.3) is 0 Å². The summed E-state index contributed by atoms with van der Waals surface area (Å²) in [6.45, 7) is 6.34. The van der Waals surface area contributed by atoms with Crippen LogP contribution < -0.4 is 0 Å². The normalized spacial score (nSPS) is 21.9. The van der Waals surface area contributed by atoms with Gasteiger partial charge in [0.05, 0.1) is 11.3 Å². The van der Waals surface area contributed by atoms with E-state index in [9.17, 15) is 26.4 Å². The number of carbonyl (C=O) groups excluding carboxylic acids is 1. The second-order valence-electron chi connectivity index (χ2n) is 8.27. The summed E-state index contributed by atoms with van der Waals surface area (Å²) in [5, 5.41) is 0. The average Bonchev–Trinajstić information content (AvgIpc) is 3.00. The van der Waals surface area contributed by atoms with E-state index in [-0.39, 0.29) is 17.6 Å². The van der Waals surface area contributed by atoms with E-state index in [1.165, 1.54) is 10.4 Å². The van der Waals surface area contributed by atoms with E-state index in [0.29, 0.717) is 51.3 Å². The average molecular weight is 448 g/mol. The van der Waals surface area contributed by atoms with Crippen molar-refractivity contribution in [2.75, 3.05) is 38.5 Å². The van der Waals surface area contributed by atoms with Crippen LogP contribution in [0.5, 0.6) is 0 Å². The lowest BCUT2D eigenvalue weighted by molar-refractivity contribution is -0.139. The minimum Gasteiger partial charge on any atom is -0.339 e. The van der Waals surface area contributed by atoms with Crippen molar-refractivity contribution in [1.29, 1.82) is 0 Å². The van der Waals surface area contributed by atoms with Gasteiger partial charge in [0, 0.05) is 39.3 Å². The number of hydrogen-bond acceptors (Lipinski definition) is 4. The predicted octanol–water partition coefficient (Wildman–Crippen LogP) is 2.41. The molecule has 0 spiro atoms. The zero-order chi connectivity index (χ0) is 22.1.